The van der Waals surface area contributed by atoms with E-state index in [4.69, 9.17) is 21.7 Å². The van der Waals surface area contributed by atoms with Crippen molar-refractivity contribution in [3.8, 4) is 11.5 Å². The first-order valence-electron chi connectivity index (χ1n) is 7.30. The highest BCUT2D eigenvalue weighted by Crippen LogP contribution is 2.33. The van der Waals surface area contributed by atoms with Gasteiger partial charge in [0, 0.05) is 24.4 Å². The van der Waals surface area contributed by atoms with Gasteiger partial charge in [0.1, 0.15) is 11.5 Å². The lowest BCUT2D eigenvalue weighted by Crippen LogP contribution is -2.19. The van der Waals surface area contributed by atoms with Crippen LogP contribution in [0, 0.1) is 3.57 Å². The minimum Gasteiger partial charge on any atom is -0.496 e. The summed E-state index contributed by atoms with van der Waals surface area (Å²) >= 11 is 7.54. The van der Waals surface area contributed by atoms with Crippen molar-refractivity contribution in [2.24, 2.45) is 0 Å². The molecule has 2 aromatic rings. The molecule has 6 nitrogen and oxygen atoms in total. The van der Waals surface area contributed by atoms with Gasteiger partial charge in [0.2, 0.25) is 5.91 Å². The summed E-state index contributed by atoms with van der Waals surface area (Å²) in [5.41, 5.74) is 2.26. The molecule has 0 bridgehead atoms. The number of rotatable bonds is 5. The molecule has 0 unspecified atom stereocenters. The molecule has 2 rings (SSSR count). The van der Waals surface area contributed by atoms with Gasteiger partial charge in [-0.1, -0.05) is 0 Å². The highest BCUT2D eigenvalue weighted by molar-refractivity contribution is 14.1. The van der Waals surface area contributed by atoms with E-state index in [1.54, 1.807) is 32.4 Å². The lowest BCUT2D eigenvalue weighted by atomic mass is 10.2. The van der Waals surface area contributed by atoms with Crippen LogP contribution in [0.5, 0.6) is 11.5 Å². The molecule has 0 radical (unpaired) electrons. The molecule has 2 aromatic carbocycles. The molecule has 0 atom stereocenters. The SMILES string of the molecule is COc1cc(OC)c(NC(=S)Nc2ccc(NC(C)=O)cc2)cc1I. The van der Waals surface area contributed by atoms with Crippen LogP contribution >= 0.6 is 34.8 Å². The van der Waals surface area contributed by atoms with E-state index in [2.05, 4.69) is 38.5 Å². The summed E-state index contributed by atoms with van der Waals surface area (Å²) in [6.45, 7) is 1.47. The maximum Gasteiger partial charge on any atom is 0.221 e. The van der Waals surface area contributed by atoms with Crippen LogP contribution in [-0.4, -0.2) is 25.2 Å². The Kier molecular flexibility index (Phi) is 6.82. The molecular formula is C17H18IN3O3S. The van der Waals surface area contributed by atoms with Gasteiger partial charge in [-0.05, 0) is 65.1 Å². The van der Waals surface area contributed by atoms with Gasteiger partial charge in [-0.15, -0.1) is 0 Å². The Bertz CT molecular complexity index is 781. The Morgan fingerprint density at radius 2 is 1.52 bits per heavy atom. The molecular weight excluding hydrogens is 453 g/mol. The molecule has 0 fully saturated rings. The van der Waals surface area contributed by atoms with Crippen molar-refractivity contribution in [2.45, 2.75) is 6.92 Å². The first kappa shape index (κ1) is 19.3. The summed E-state index contributed by atoms with van der Waals surface area (Å²) in [4.78, 5) is 11.0. The minimum atomic E-state index is -0.112. The smallest absolute Gasteiger partial charge is 0.221 e. The number of amides is 1. The van der Waals surface area contributed by atoms with Gasteiger partial charge in [-0.25, -0.2) is 0 Å². The van der Waals surface area contributed by atoms with Crippen LogP contribution in [0.25, 0.3) is 0 Å². The fraction of sp³-hybridized carbons (Fsp3) is 0.176. The van der Waals surface area contributed by atoms with Crippen molar-refractivity contribution >= 4 is 62.9 Å². The summed E-state index contributed by atoms with van der Waals surface area (Å²) < 4.78 is 11.6. The molecule has 0 aliphatic rings. The number of hydrogen-bond donors (Lipinski definition) is 3. The van der Waals surface area contributed by atoms with E-state index >= 15 is 0 Å². The number of nitrogens with one attached hydrogen (secondary N) is 3. The van der Waals surface area contributed by atoms with E-state index < -0.39 is 0 Å². The van der Waals surface area contributed by atoms with Crippen LogP contribution in [0.2, 0.25) is 0 Å². The normalized spacial score (nSPS) is 9.92. The number of carbonyl (C=O) groups excluding carboxylic acids is 1. The first-order chi connectivity index (χ1) is 11.9. The average molecular weight is 471 g/mol. The number of hydrogen-bond acceptors (Lipinski definition) is 4. The summed E-state index contributed by atoms with van der Waals surface area (Å²) in [5, 5.41) is 9.34. The number of anilines is 3. The average Bonchev–Trinajstić information content (AvgIpc) is 2.56. The van der Waals surface area contributed by atoms with Crippen molar-refractivity contribution in [1.29, 1.82) is 0 Å². The maximum absolute atomic E-state index is 11.0. The van der Waals surface area contributed by atoms with Crippen molar-refractivity contribution in [1.82, 2.24) is 0 Å². The van der Waals surface area contributed by atoms with Gasteiger partial charge in [0.05, 0.1) is 23.5 Å². The van der Waals surface area contributed by atoms with Gasteiger partial charge in [0.25, 0.3) is 0 Å². The number of ether oxygens (including phenoxy) is 2. The third-order valence-corrected chi connectivity index (χ3v) is 4.23. The number of benzene rings is 2. The second-order valence-electron chi connectivity index (χ2n) is 5.02. The lowest BCUT2D eigenvalue weighted by molar-refractivity contribution is -0.114. The first-order valence-corrected chi connectivity index (χ1v) is 8.79. The van der Waals surface area contributed by atoms with Crippen molar-refractivity contribution in [2.75, 3.05) is 30.2 Å². The summed E-state index contributed by atoms with van der Waals surface area (Å²) in [7, 11) is 3.20. The molecule has 0 saturated heterocycles. The number of methoxy groups -OCH3 is 2. The highest BCUT2D eigenvalue weighted by atomic mass is 127. The van der Waals surface area contributed by atoms with Crippen LogP contribution in [0.15, 0.2) is 36.4 Å². The number of halogens is 1. The third-order valence-electron chi connectivity index (χ3n) is 3.19. The third kappa shape index (κ3) is 5.46. The maximum atomic E-state index is 11.0. The zero-order valence-corrected chi connectivity index (χ0v) is 16.9. The highest BCUT2D eigenvalue weighted by Gasteiger charge is 2.11. The summed E-state index contributed by atoms with van der Waals surface area (Å²) in [5.74, 6) is 1.25. The Labute approximate surface area is 165 Å². The number of carbonyl (C=O) groups is 1. The topological polar surface area (TPSA) is 71.6 Å². The van der Waals surface area contributed by atoms with E-state index in [0.29, 0.717) is 10.9 Å². The van der Waals surface area contributed by atoms with E-state index in [1.165, 1.54) is 6.92 Å². The van der Waals surface area contributed by atoms with E-state index in [0.717, 1.165) is 26.4 Å². The predicted octanol–water partition coefficient (Wildman–Crippen LogP) is 4.08. The fourth-order valence-corrected chi connectivity index (χ4v) is 3.00. The molecule has 0 spiro atoms. The van der Waals surface area contributed by atoms with Crippen molar-refractivity contribution in [3.05, 3.63) is 40.0 Å². The fourth-order valence-electron chi connectivity index (χ4n) is 2.08. The predicted molar refractivity (Wildman–Crippen MR) is 113 cm³/mol. The molecule has 1 amide bonds. The van der Waals surface area contributed by atoms with Crippen molar-refractivity contribution < 1.29 is 14.3 Å². The minimum absolute atomic E-state index is 0.112. The molecule has 0 heterocycles. The summed E-state index contributed by atoms with van der Waals surface area (Å²) in [6.07, 6.45) is 0. The van der Waals surface area contributed by atoms with E-state index in [1.807, 2.05) is 18.2 Å². The van der Waals surface area contributed by atoms with Gasteiger partial charge in [-0.3, -0.25) is 4.79 Å². The summed E-state index contributed by atoms with van der Waals surface area (Å²) in [6, 6.07) is 10.9. The quantitative estimate of drug-likeness (QED) is 0.451. The zero-order chi connectivity index (χ0) is 18.4. The molecule has 8 heteroatoms. The van der Waals surface area contributed by atoms with Crippen molar-refractivity contribution in [3.63, 3.8) is 0 Å². The monoisotopic (exact) mass is 471 g/mol. The van der Waals surface area contributed by atoms with Crippen LogP contribution in [0.1, 0.15) is 6.92 Å². The zero-order valence-electron chi connectivity index (χ0n) is 14.0. The lowest BCUT2D eigenvalue weighted by Gasteiger charge is -2.15. The van der Waals surface area contributed by atoms with Crippen LogP contribution in [0.4, 0.5) is 17.1 Å². The van der Waals surface area contributed by atoms with Gasteiger partial charge in [0.15, 0.2) is 5.11 Å². The largest absolute Gasteiger partial charge is 0.496 e. The van der Waals surface area contributed by atoms with Gasteiger partial charge < -0.3 is 25.4 Å². The second kappa shape index (κ2) is 8.86. The molecule has 0 aliphatic heterocycles. The Morgan fingerprint density at radius 3 is 2.04 bits per heavy atom. The molecule has 0 aliphatic carbocycles. The second-order valence-corrected chi connectivity index (χ2v) is 6.60. The van der Waals surface area contributed by atoms with Crippen LogP contribution < -0.4 is 25.4 Å². The molecule has 3 N–H and O–H groups in total. The standard InChI is InChI=1S/C17H18IN3O3S/c1-10(22)19-11-4-6-12(7-5-11)20-17(25)21-14-8-13(18)15(23-2)9-16(14)24-3/h4-9H,1-3H3,(H,19,22)(H2,20,21,25). The molecule has 132 valence electrons. The Hall–Kier alpha value is -2.07. The molecule has 0 aromatic heterocycles. The number of thiocarbonyl (C=S) groups is 1. The van der Waals surface area contributed by atoms with E-state index in [-0.39, 0.29) is 5.91 Å². The molecule has 0 saturated carbocycles. The van der Waals surface area contributed by atoms with Gasteiger partial charge >= 0.3 is 0 Å². The Morgan fingerprint density at radius 1 is 0.960 bits per heavy atom. The van der Waals surface area contributed by atoms with E-state index in [9.17, 15) is 4.79 Å². The van der Waals surface area contributed by atoms with Crippen LogP contribution in [-0.2, 0) is 4.79 Å². The molecule has 25 heavy (non-hydrogen) atoms. The Balaban J connectivity index is 2.07. The van der Waals surface area contributed by atoms with Crippen LogP contribution in [0.3, 0.4) is 0 Å². The van der Waals surface area contributed by atoms with Gasteiger partial charge in [-0.2, -0.15) is 0 Å².